The molecule has 1 aromatic rings. The second-order valence-electron chi connectivity index (χ2n) is 5.07. The summed E-state index contributed by atoms with van der Waals surface area (Å²) in [4.78, 5) is 12.1. The molecule has 0 radical (unpaired) electrons. The Kier molecular flexibility index (Phi) is 5.20. The van der Waals surface area contributed by atoms with E-state index in [1.807, 2.05) is 6.92 Å². The smallest absolute Gasteiger partial charge is 0.251 e. The zero-order valence-corrected chi connectivity index (χ0v) is 11.7. The van der Waals surface area contributed by atoms with Crippen molar-refractivity contribution in [1.82, 2.24) is 5.32 Å². The van der Waals surface area contributed by atoms with Gasteiger partial charge in [0.25, 0.3) is 5.91 Å². The van der Waals surface area contributed by atoms with Gasteiger partial charge in [0.1, 0.15) is 5.75 Å². The molecule has 0 aliphatic rings. The largest absolute Gasteiger partial charge is 0.508 e. The minimum atomic E-state index is -0.112. The molecule has 18 heavy (non-hydrogen) atoms. The third-order valence-corrected chi connectivity index (χ3v) is 3.38. The van der Waals surface area contributed by atoms with Crippen LogP contribution in [0.3, 0.4) is 0 Å². The average Bonchev–Trinajstić information content (AvgIpc) is 2.32. The molecule has 0 aliphatic carbocycles. The minimum Gasteiger partial charge on any atom is -0.508 e. The molecule has 0 saturated heterocycles. The number of benzene rings is 1. The molecule has 2 N–H and O–H groups in total. The SMILES string of the molecule is CCC(C)CC(C)NC(=O)c1cccc(O)c1C. The lowest BCUT2D eigenvalue weighted by atomic mass is 10.00. The summed E-state index contributed by atoms with van der Waals surface area (Å²) in [5, 5.41) is 12.6. The van der Waals surface area contributed by atoms with E-state index in [1.54, 1.807) is 25.1 Å². The Hall–Kier alpha value is -1.51. The second-order valence-corrected chi connectivity index (χ2v) is 5.07. The minimum absolute atomic E-state index is 0.112. The number of carbonyl (C=O) groups is 1. The van der Waals surface area contributed by atoms with Crippen LogP contribution in [0.4, 0.5) is 0 Å². The molecule has 0 saturated carbocycles. The Morgan fingerprint density at radius 3 is 2.67 bits per heavy atom. The van der Waals surface area contributed by atoms with Gasteiger partial charge in [0.15, 0.2) is 0 Å². The monoisotopic (exact) mass is 249 g/mol. The molecule has 3 heteroatoms. The second kappa shape index (κ2) is 6.43. The Balaban J connectivity index is 2.68. The first kappa shape index (κ1) is 14.6. The first-order valence-electron chi connectivity index (χ1n) is 6.55. The van der Waals surface area contributed by atoms with Crippen molar-refractivity contribution in [2.24, 2.45) is 5.92 Å². The topological polar surface area (TPSA) is 49.3 Å². The van der Waals surface area contributed by atoms with Crippen molar-refractivity contribution >= 4 is 5.91 Å². The number of hydrogen-bond acceptors (Lipinski definition) is 2. The number of hydrogen-bond donors (Lipinski definition) is 2. The van der Waals surface area contributed by atoms with Crippen LogP contribution >= 0.6 is 0 Å². The van der Waals surface area contributed by atoms with E-state index in [1.165, 1.54) is 0 Å². The fourth-order valence-electron chi connectivity index (χ4n) is 2.00. The third kappa shape index (κ3) is 3.76. The van der Waals surface area contributed by atoms with Crippen LogP contribution in [-0.4, -0.2) is 17.1 Å². The van der Waals surface area contributed by atoms with Crippen molar-refractivity contribution in [2.45, 2.75) is 46.6 Å². The van der Waals surface area contributed by atoms with E-state index < -0.39 is 0 Å². The van der Waals surface area contributed by atoms with Gasteiger partial charge >= 0.3 is 0 Å². The zero-order chi connectivity index (χ0) is 13.7. The fraction of sp³-hybridized carbons (Fsp3) is 0.533. The number of nitrogens with one attached hydrogen (secondary N) is 1. The first-order valence-corrected chi connectivity index (χ1v) is 6.55. The van der Waals surface area contributed by atoms with Crippen molar-refractivity contribution in [1.29, 1.82) is 0 Å². The van der Waals surface area contributed by atoms with Crippen LogP contribution in [0.15, 0.2) is 18.2 Å². The van der Waals surface area contributed by atoms with Crippen molar-refractivity contribution in [3.8, 4) is 5.75 Å². The summed E-state index contributed by atoms with van der Waals surface area (Å²) in [5.74, 6) is 0.655. The molecular formula is C15H23NO2. The first-order chi connectivity index (χ1) is 8.45. The van der Waals surface area contributed by atoms with Gasteiger partial charge in [-0.2, -0.15) is 0 Å². The van der Waals surface area contributed by atoms with Crippen LogP contribution in [0, 0.1) is 12.8 Å². The van der Waals surface area contributed by atoms with Crippen LogP contribution in [0.1, 0.15) is 49.5 Å². The summed E-state index contributed by atoms with van der Waals surface area (Å²) in [6, 6.07) is 5.17. The van der Waals surface area contributed by atoms with Crippen LogP contribution in [0.2, 0.25) is 0 Å². The van der Waals surface area contributed by atoms with Gasteiger partial charge in [0.2, 0.25) is 0 Å². The molecule has 100 valence electrons. The van der Waals surface area contributed by atoms with E-state index in [0.29, 0.717) is 17.0 Å². The van der Waals surface area contributed by atoms with E-state index >= 15 is 0 Å². The molecule has 1 amide bonds. The van der Waals surface area contributed by atoms with Crippen molar-refractivity contribution in [2.75, 3.05) is 0 Å². The molecule has 0 heterocycles. The summed E-state index contributed by atoms with van der Waals surface area (Å²) in [7, 11) is 0. The van der Waals surface area contributed by atoms with Gasteiger partial charge < -0.3 is 10.4 Å². The number of aromatic hydroxyl groups is 1. The summed E-state index contributed by atoms with van der Waals surface area (Å²) in [6.45, 7) is 8.10. The zero-order valence-electron chi connectivity index (χ0n) is 11.7. The normalized spacial score (nSPS) is 14.0. The van der Waals surface area contributed by atoms with Gasteiger partial charge in [0.05, 0.1) is 0 Å². The molecule has 0 fully saturated rings. The number of rotatable bonds is 5. The van der Waals surface area contributed by atoms with Gasteiger partial charge in [-0.15, -0.1) is 0 Å². The lowest BCUT2D eigenvalue weighted by Gasteiger charge is -2.18. The standard InChI is InChI=1S/C15H23NO2/c1-5-10(2)9-11(3)16-15(18)13-7-6-8-14(17)12(13)4/h6-8,10-11,17H,5,9H2,1-4H3,(H,16,18). The van der Waals surface area contributed by atoms with Crippen molar-refractivity contribution < 1.29 is 9.90 Å². The molecule has 0 aliphatic heterocycles. The number of amides is 1. The molecule has 0 aromatic heterocycles. The van der Waals surface area contributed by atoms with E-state index in [0.717, 1.165) is 12.8 Å². The Labute approximate surface area is 109 Å². The predicted octanol–water partition coefficient (Wildman–Crippen LogP) is 3.26. The summed E-state index contributed by atoms with van der Waals surface area (Å²) in [6.07, 6.45) is 2.09. The molecule has 0 spiro atoms. The van der Waals surface area contributed by atoms with Crippen LogP contribution in [0.5, 0.6) is 5.75 Å². The fourth-order valence-corrected chi connectivity index (χ4v) is 2.00. The predicted molar refractivity (Wildman–Crippen MR) is 73.8 cm³/mol. The number of phenolic OH excluding ortho intramolecular Hbond substituents is 1. The van der Waals surface area contributed by atoms with Gasteiger partial charge in [-0.25, -0.2) is 0 Å². The van der Waals surface area contributed by atoms with E-state index in [-0.39, 0.29) is 17.7 Å². The van der Waals surface area contributed by atoms with Crippen molar-refractivity contribution in [3.05, 3.63) is 29.3 Å². The lowest BCUT2D eigenvalue weighted by Crippen LogP contribution is -2.34. The van der Waals surface area contributed by atoms with Crippen LogP contribution < -0.4 is 5.32 Å². The summed E-state index contributed by atoms with van der Waals surface area (Å²) < 4.78 is 0. The molecule has 3 nitrogen and oxygen atoms in total. The average molecular weight is 249 g/mol. The Morgan fingerprint density at radius 1 is 1.39 bits per heavy atom. The number of phenols is 1. The Bertz CT molecular complexity index is 415. The van der Waals surface area contributed by atoms with Gasteiger partial charge in [0, 0.05) is 17.2 Å². The Morgan fingerprint density at radius 2 is 2.06 bits per heavy atom. The number of carbonyl (C=O) groups excluding carboxylic acids is 1. The highest BCUT2D eigenvalue weighted by Gasteiger charge is 2.14. The summed E-state index contributed by atoms with van der Waals surface area (Å²) in [5.41, 5.74) is 1.18. The molecule has 2 unspecified atom stereocenters. The molecule has 1 rings (SSSR count). The van der Waals surface area contributed by atoms with Gasteiger partial charge in [-0.05, 0) is 38.3 Å². The van der Waals surface area contributed by atoms with Crippen LogP contribution in [0.25, 0.3) is 0 Å². The highest BCUT2D eigenvalue weighted by Crippen LogP contribution is 2.19. The molecule has 0 bridgehead atoms. The van der Waals surface area contributed by atoms with E-state index in [2.05, 4.69) is 19.2 Å². The quantitative estimate of drug-likeness (QED) is 0.841. The molecule has 2 atom stereocenters. The highest BCUT2D eigenvalue weighted by molar-refractivity contribution is 5.96. The summed E-state index contributed by atoms with van der Waals surface area (Å²) >= 11 is 0. The molecule has 1 aromatic carbocycles. The molecular weight excluding hydrogens is 226 g/mol. The maximum Gasteiger partial charge on any atom is 0.251 e. The van der Waals surface area contributed by atoms with E-state index in [4.69, 9.17) is 0 Å². The van der Waals surface area contributed by atoms with Gasteiger partial charge in [-0.3, -0.25) is 4.79 Å². The van der Waals surface area contributed by atoms with E-state index in [9.17, 15) is 9.90 Å². The third-order valence-electron chi connectivity index (χ3n) is 3.38. The van der Waals surface area contributed by atoms with Crippen LogP contribution in [-0.2, 0) is 0 Å². The van der Waals surface area contributed by atoms with Gasteiger partial charge in [-0.1, -0.05) is 26.3 Å². The maximum absolute atomic E-state index is 12.1. The lowest BCUT2D eigenvalue weighted by molar-refractivity contribution is 0.0934. The van der Waals surface area contributed by atoms with Crippen molar-refractivity contribution in [3.63, 3.8) is 0 Å². The highest BCUT2D eigenvalue weighted by atomic mass is 16.3. The maximum atomic E-state index is 12.1.